The van der Waals surface area contributed by atoms with Gasteiger partial charge in [-0.2, -0.15) is 0 Å². The number of esters is 1. The molecule has 2 aliphatic heterocycles. The van der Waals surface area contributed by atoms with Gasteiger partial charge in [-0.15, -0.1) is 0 Å². The molecule has 1 amide bonds. The standard InChI is InChI=1S/C25H25ClN4O3S/c1-15(2)33-24(32)22-16(3)29-25-30(23(22)19-6-4-5-7-20(19)26)18(14-34-25)12-21(31)28-13-17-8-10-27-11-9-17/h4-11,14-15,23H,12-13H2,1-3H3,(H,28,31)/t23-/m0/s1. The van der Waals surface area contributed by atoms with E-state index in [4.69, 9.17) is 16.3 Å². The maximum absolute atomic E-state index is 13.2. The van der Waals surface area contributed by atoms with Crippen molar-refractivity contribution in [3.05, 3.63) is 87.3 Å². The first-order chi connectivity index (χ1) is 16.3. The Kier molecular flexibility index (Phi) is 7.38. The Balaban J connectivity index is 1.63. The van der Waals surface area contributed by atoms with Crippen molar-refractivity contribution in [2.24, 2.45) is 4.99 Å². The minimum Gasteiger partial charge on any atom is -0.459 e. The Morgan fingerprint density at radius 3 is 2.65 bits per heavy atom. The molecule has 176 valence electrons. The molecule has 0 radical (unpaired) electrons. The number of aromatic nitrogens is 1. The normalized spacial score (nSPS) is 17.3. The first-order valence-corrected chi connectivity index (χ1v) is 12.2. The zero-order valence-corrected chi connectivity index (χ0v) is 20.7. The number of rotatable bonds is 7. The highest BCUT2D eigenvalue weighted by Gasteiger charge is 2.42. The van der Waals surface area contributed by atoms with Gasteiger partial charge in [0.05, 0.1) is 29.8 Å². The molecule has 7 nitrogen and oxygen atoms in total. The van der Waals surface area contributed by atoms with Gasteiger partial charge in [0.15, 0.2) is 5.17 Å². The number of fused-ring (bicyclic) bond motifs is 1. The number of allylic oxidation sites excluding steroid dienone is 1. The van der Waals surface area contributed by atoms with Crippen LogP contribution >= 0.6 is 23.4 Å². The number of amides is 1. The van der Waals surface area contributed by atoms with Gasteiger partial charge in [0.25, 0.3) is 0 Å². The average molecular weight is 497 g/mol. The number of nitrogens with zero attached hydrogens (tertiary/aromatic N) is 3. The second-order valence-electron chi connectivity index (χ2n) is 8.18. The molecule has 1 aromatic carbocycles. The zero-order valence-electron chi connectivity index (χ0n) is 19.1. The van der Waals surface area contributed by atoms with Crippen LogP contribution in [0.15, 0.2) is 76.2 Å². The van der Waals surface area contributed by atoms with E-state index in [2.05, 4.69) is 15.3 Å². The summed E-state index contributed by atoms with van der Waals surface area (Å²) in [7, 11) is 0. The van der Waals surface area contributed by atoms with Crippen molar-refractivity contribution in [1.82, 2.24) is 15.2 Å². The molecule has 34 heavy (non-hydrogen) atoms. The fourth-order valence-electron chi connectivity index (χ4n) is 3.83. The van der Waals surface area contributed by atoms with Crippen LogP contribution in [-0.2, 0) is 20.9 Å². The van der Waals surface area contributed by atoms with Crippen LogP contribution in [-0.4, -0.2) is 33.0 Å². The van der Waals surface area contributed by atoms with Crippen molar-refractivity contribution in [1.29, 1.82) is 0 Å². The van der Waals surface area contributed by atoms with E-state index in [0.29, 0.717) is 28.0 Å². The molecule has 0 bridgehead atoms. The van der Waals surface area contributed by atoms with Gasteiger partial charge in [-0.3, -0.25) is 9.78 Å². The average Bonchev–Trinajstić information content (AvgIpc) is 3.19. The smallest absolute Gasteiger partial charge is 0.338 e. The van der Waals surface area contributed by atoms with Crippen LogP contribution < -0.4 is 5.32 Å². The molecule has 0 aliphatic carbocycles. The quantitative estimate of drug-likeness (QED) is 0.545. The molecular formula is C25H25ClN4O3S. The van der Waals surface area contributed by atoms with Crippen LogP contribution in [0.4, 0.5) is 0 Å². The Hall–Kier alpha value is -3.10. The van der Waals surface area contributed by atoms with Crippen molar-refractivity contribution in [3.8, 4) is 0 Å². The summed E-state index contributed by atoms with van der Waals surface area (Å²) in [6, 6.07) is 10.5. The molecule has 0 saturated carbocycles. The second kappa shape index (κ2) is 10.4. The Bertz CT molecular complexity index is 1190. The minimum absolute atomic E-state index is 0.129. The number of benzene rings is 1. The number of amidine groups is 1. The number of carbonyl (C=O) groups excluding carboxylic acids is 2. The van der Waals surface area contributed by atoms with Gasteiger partial charge in [-0.1, -0.05) is 41.6 Å². The van der Waals surface area contributed by atoms with Gasteiger partial charge in [0, 0.05) is 29.7 Å². The number of carbonyl (C=O) groups is 2. The highest BCUT2D eigenvalue weighted by Crippen LogP contribution is 2.46. The Labute approximate surface area is 207 Å². The van der Waals surface area contributed by atoms with E-state index in [9.17, 15) is 9.59 Å². The summed E-state index contributed by atoms with van der Waals surface area (Å²) >= 11 is 8.01. The van der Waals surface area contributed by atoms with Gasteiger partial charge in [0.1, 0.15) is 0 Å². The molecule has 1 N–H and O–H groups in total. The topological polar surface area (TPSA) is 83.9 Å². The van der Waals surface area contributed by atoms with Gasteiger partial charge < -0.3 is 15.0 Å². The molecule has 9 heteroatoms. The molecule has 3 heterocycles. The van der Waals surface area contributed by atoms with E-state index in [-0.39, 0.29) is 18.4 Å². The Morgan fingerprint density at radius 2 is 1.94 bits per heavy atom. The molecule has 2 aromatic rings. The van der Waals surface area contributed by atoms with Crippen LogP contribution in [0.25, 0.3) is 0 Å². The summed E-state index contributed by atoms with van der Waals surface area (Å²) in [4.78, 5) is 36.5. The number of hydrogen-bond donors (Lipinski definition) is 1. The molecule has 0 unspecified atom stereocenters. The number of pyridine rings is 1. The largest absolute Gasteiger partial charge is 0.459 e. The molecule has 1 atom stereocenters. The highest BCUT2D eigenvalue weighted by atomic mass is 35.5. The summed E-state index contributed by atoms with van der Waals surface area (Å²) in [6.45, 7) is 5.81. The number of aliphatic imine (C=N–C) groups is 1. The van der Waals surface area contributed by atoms with Crippen molar-refractivity contribution < 1.29 is 14.3 Å². The fraction of sp³-hybridized carbons (Fsp3) is 0.280. The third-order valence-electron chi connectivity index (χ3n) is 5.34. The SMILES string of the molecule is CC1=C(C(=O)OC(C)C)[C@H](c2ccccc2Cl)N2C(CC(=O)NCc3ccncc3)=CSC2=N1. The Morgan fingerprint density at radius 1 is 1.21 bits per heavy atom. The molecule has 4 rings (SSSR count). The number of nitrogens with one attached hydrogen (secondary N) is 1. The predicted molar refractivity (Wildman–Crippen MR) is 134 cm³/mol. The van der Waals surface area contributed by atoms with Crippen molar-refractivity contribution >= 4 is 40.4 Å². The number of ether oxygens (including phenoxy) is 1. The van der Waals surface area contributed by atoms with Crippen LogP contribution in [0.5, 0.6) is 0 Å². The summed E-state index contributed by atoms with van der Waals surface area (Å²) in [5, 5.41) is 6.06. The lowest BCUT2D eigenvalue weighted by Crippen LogP contribution is -2.38. The van der Waals surface area contributed by atoms with E-state index in [1.54, 1.807) is 39.2 Å². The minimum atomic E-state index is -0.554. The maximum Gasteiger partial charge on any atom is 0.338 e. The van der Waals surface area contributed by atoms with E-state index in [0.717, 1.165) is 16.8 Å². The third kappa shape index (κ3) is 5.18. The lowest BCUT2D eigenvalue weighted by Gasteiger charge is -2.36. The number of thioether (sulfide) groups is 1. The van der Waals surface area contributed by atoms with E-state index >= 15 is 0 Å². The van der Waals surface area contributed by atoms with Gasteiger partial charge in [-0.25, -0.2) is 9.79 Å². The molecular weight excluding hydrogens is 472 g/mol. The fourth-order valence-corrected chi connectivity index (χ4v) is 5.03. The number of hydrogen-bond acceptors (Lipinski definition) is 7. The first kappa shape index (κ1) is 24.0. The summed E-state index contributed by atoms with van der Waals surface area (Å²) in [6.07, 6.45) is 3.22. The summed E-state index contributed by atoms with van der Waals surface area (Å²) < 4.78 is 5.56. The maximum atomic E-state index is 13.2. The van der Waals surface area contributed by atoms with E-state index in [1.807, 2.05) is 40.6 Å². The third-order valence-corrected chi connectivity index (χ3v) is 6.58. The van der Waals surface area contributed by atoms with Gasteiger partial charge in [0.2, 0.25) is 5.91 Å². The van der Waals surface area contributed by atoms with Crippen molar-refractivity contribution in [2.45, 2.75) is 45.9 Å². The summed E-state index contributed by atoms with van der Waals surface area (Å²) in [5.74, 6) is -0.584. The second-order valence-corrected chi connectivity index (χ2v) is 9.42. The van der Waals surface area contributed by atoms with Gasteiger partial charge >= 0.3 is 5.97 Å². The van der Waals surface area contributed by atoms with Crippen molar-refractivity contribution in [2.75, 3.05) is 0 Å². The summed E-state index contributed by atoms with van der Waals surface area (Å²) in [5.41, 5.74) is 3.44. The molecule has 0 fully saturated rings. The lowest BCUT2D eigenvalue weighted by molar-refractivity contribution is -0.143. The van der Waals surface area contributed by atoms with Crippen LogP contribution in [0.1, 0.15) is 44.4 Å². The van der Waals surface area contributed by atoms with Crippen molar-refractivity contribution in [3.63, 3.8) is 0 Å². The van der Waals surface area contributed by atoms with Crippen LogP contribution in [0.2, 0.25) is 5.02 Å². The monoisotopic (exact) mass is 496 g/mol. The predicted octanol–water partition coefficient (Wildman–Crippen LogP) is 4.97. The molecule has 2 aliphatic rings. The lowest BCUT2D eigenvalue weighted by atomic mass is 9.93. The van der Waals surface area contributed by atoms with E-state index in [1.165, 1.54) is 11.8 Å². The molecule has 1 aromatic heterocycles. The van der Waals surface area contributed by atoms with Gasteiger partial charge in [-0.05, 0) is 55.5 Å². The van der Waals surface area contributed by atoms with Crippen LogP contribution in [0, 0.1) is 0 Å². The molecule has 0 spiro atoms. The highest BCUT2D eigenvalue weighted by molar-refractivity contribution is 8.16. The molecule has 0 saturated heterocycles. The number of halogens is 1. The first-order valence-electron chi connectivity index (χ1n) is 10.9. The van der Waals surface area contributed by atoms with E-state index < -0.39 is 12.0 Å². The zero-order chi connectivity index (χ0) is 24.2. The van der Waals surface area contributed by atoms with Crippen LogP contribution in [0.3, 0.4) is 0 Å².